The standard InChI is InChI=1S/C9H19N3O8P2Si/c1-23(2,18)5-3-4-8-6-12(11-10-8)7-9(13,19-21(14)15)20-22(16)17/h6,13-15,18H,3-5,7H2,1-2H3/p+1. The van der Waals surface area contributed by atoms with Crippen LogP contribution in [0.5, 0.6) is 0 Å². The summed E-state index contributed by atoms with van der Waals surface area (Å²) in [5, 5.41) is 17.4. The van der Waals surface area contributed by atoms with E-state index in [4.69, 9.17) is 14.7 Å². The first-order valence-corrected chi connectivity index (χ1v) is 12.0. The molecule has 1 heterocycles. The average Bonchev–Trinajstić information content (AvgIpc) is 2.71. The number of aromatic nitrogens is 3. The molecule has 0 bridgehead atoms. The van der Waals surface area contributed by atoms with E-state index in [0.29, 0.717) is 24.6 Å². The molecule has 1 aromatic rings. The van der Waals surface area contributed by atoms with Gasteiger partial charge in [0.05, 0.1) is 5.69 Å². The monoisotopic (exact) mass is 388 g/mol. The molecule has 5 N–H and O–H groups in total. The first-order valence-electron chi connectivity index (χ1n) is 6.55. The van der Waals surface area contributed by atoms with Gasteiger partial charge in [0.2, 0.25) is 0 Å². The van der Waals surface area contributed by atoms with Gasteiger partial charge in [0.1, 0.15) is 6.54 Å². The van der Waals surface area contributed by atoms with E-state index in [1.807, 2.05) is 13.1 Å². The number of aliphatic hydroxyl groups is 1. The summed E-state index contributed by atoms with van der Waals surface area (Å²) in [4.78, 5) is 36.0. The van der Waals surface area contributed by atoms with Crippen LogP contribution >= 0.6 is 16.9 Å². The van der Waals surface area contributed by atoms with Crippen LogP contribution in [0.2, 0.25) is 19.1 Å². The molecule has 0 saturated heterocycles. The lowest BCUT2D eigenvalue weighted by atomic mass is 10.3. The first-order chi connectivity index (χ1) is 10.5. The van der Waals surface area contributed by atoms with Crippen LogP contribution in [0.1, 0.15) is 12.1 Å². The van der Waals surface area contributed by atoms with Gasteiger partial charge in [0, 0.05) is 10.8 Å². The normalized spacial score (nSPS) is 15.7. The van der Waals surface area contributed by atoms with Gasteiger partial charge >= 0.3 is 22.8 Å². The molecule has 0 spiro atoms. The molecule has 1 aromatic heterocycles. The molecule has 11 nitrogen and oxygen atoms in total. The van der Waals surface area contributed by atoms with Gasteiger partial charge in [-0.25, -0.2) is 9.21 Å². The van der Waals surface area contributed by atoms with Crippen LogP contribution in [-0.2, 0) is 26.6 Å². The summed E-state index contributed by atoms with van der Waals surface area (Å²) in [6, 6.07) is 0.695. The molecule has 2 atom stereocenters. The van der Waals surface area contributed by atoms with E-state index in [-0.39, 0.29) is 0 Å². The van der Waals surface area contributed by atoms with Crippen molar-refractivity contribution in [2.24, 2.45) is 0 Å². The van der Waals surface area contributed by atoms with Crippen LogP contribution in [0, 0.1) is 0 Å². The number of hydrogen-bond acceptors (Lipinski definition) is 9. The topological polar surface area (TPSA) is 167 Å². The van der Waals surface area contributed by atoms with E-state index in [1.165, 1.54) is 6.20 Å². The summed E-state index contributed by atoms with van der Waals surface area (Å²) >= 11 is 0. The molecule has 0 aliphatic heterocycles. The van der Waals surface area contributed by atoms with Crippen LogP contribution in [-0.4, -0.2) is 53.9 Å². The zero-order chi connectivity index (χ0) is 17.7. The van der Waals surface area contributed by atoms with Crippen LogP contribution in [0.4, 0.5) is 0 Å². The molecule has 132 valence electrons. The minimum absolute atomic E-state index is 0.554. The molecule has 1 rings (SSSR count). The maximum absolute atomic E-state index is 10.7. The van der Waals surface area contributed by atoms with Gasteiger partial charge in [-0.3, -0.25) is 0 Å². The molecule has 0 saturated carbocycles. The second kappa shape index (κ2) is 8.63. The summed E-state index contributed by atoms with van der Waals surface area (Å²) in [5.41, 5.74) is 0.578. The zero-order valence-electron chi connectivity index (χ0n) is 12.6. The minimum Gasteiger partial charge on any atom is -0.432 e. The molecular formula is C9H20N3O8P2Si+. The summed E-state index contributed by atoms with van der Waals surface area (Å²) in [5.74, 6) is -2.73. The molecule has 2 unspecified atom stereocenters. The van der Waals surface area contributed by atoms with E-state index in [2.05, 4.69) is 19.4 Å². The molecular weight excluding hydrogens is 368 g/mol. The third-order valence-electron chi connectivity index (χ3n) is 2.61. The van der Waals surface area contributed by atoms with Gasteiger partial charge in [0.25, 0.3) is 0 Å². The maximum atomic E-state index is 10.7. The van der Waals surface area contributed by atoms with Gasteiger partial charge < -0.3 is 19.7 Å². The molecule has 0 aliphatic carbocycles. The van der Waals surface area contributed by atoms with Gasteiger partial charge in [-0.1, -0.05) is 5.21 Å². The summed E-state index contributed by atoms with van der Waals surface area (Å²) in [7, 11) is -8.41. The number of rotatable bonds is 10. The Balaban J connectivity index is 2.65. The quantitative estimate of drug-likeness (QED) is 0.208. The molecule has 0 amide bonds. The number of nitrogens with zero attached hydrogens (tertiary/aromatic N) is 3. The van der Waals surface area contributed by atoms with Crippen LogP contribution < -0.4 is 0 Å². The van der Waals surface area contributed by atoms with Crippen molar-refractivity contribution in [2.75, 3.05) is 0 Å². The molecule has 0 aromatic carbocycles. The fraction of sp³-hybridized carbons (Fsp3) is 0.778. The second-order valence-electron chi connectivity index (χ2n) is 5.46. The highest BCUT2D eigenvalue weighted by Crippen LogP contribution is 2.37. The largest absolute Gasteiger partial charge is 0.700 e. The zero-order valence-corrected chi connectivity index (χ0v) is 15.4. The molecule has 0 fully saturated rings. The van der Waals surface area contributed by atoms with Crippen molar-refractivity contribution in [3.8, 4) is 0 Å². The number of aryl methyl sites for hydroxylation is 1. The van der Waals surface area contributed by atoms with Gasteiger partial charge in [0.15, 0.2) is 8.32 Å². The van der Waals surface area contributed by atoms with E-state index in [9.17, 15) is 14.5 Å². The van der Waals surface area contributed by atoms with Gasteiger partial charge in [-0.2, -0.15) is 0 Å². The van der Waals surface area contributed by atoms with Crippen molar-refractivity contribution in [1.82, 2.24) is 15.0 Å². The van der Waals surface area contributed by atoms with E-state index in [0.717, 1.165) is 4.68 Å². The highest BCUT2D eigenvalue weighted by atomic mass is 31.2. The molecule has 14 heteroatoms. The summed E-state index contributed by atoms with van der Waals surface area (Å²) in [6.07, 6.45) is 2.72. The van der Waals surface area contributed by atoms with Gasteiger partial charge in [-0.05, 0) is 36.5 Å². The second-order valence-corrected chi connectivity index (χ2v) is 10.9. The molecule has 23 heavy (non-hydrogen) atoms. The maximum Gasteiger partial charge on any atom is 0.700 e. The number of hydrogen-bond donors (Lipinski definition) is 5. The Morgan fingerprint density at radius 3 is 2.65 bits per heavy atom. The predicted molar refractivity (Wildman–Crippen MR) is 81.2 cm³/mol. The highest BCUT2D eigenvalue weighted by molar-refractivity contribution is 7.39. The summed E-state index contributed by atoms with van der Waals surface area (Å²) in [6.45, 7) is 3.06. The Labute approximate surface area is 135 Å². The third-order valence-corrected chi connectivity index (χ3v) is 5.08. The Morgan fingerprint density at radius 1 is 1.48 bits per heavy atom. The Bertz CT molecular complexity index is 525. The Morgan fingerprint density at radius 2 is 2.13 bits per heavy atom. The van der Waals surface area contributed by atoms with E-state index in [1.54, 1.807) is 0 Å². The highest BCUT2D eigenvalue weighted by Gasteiger charge is 2.43. The first kappa shape index (κ1) is 20.7. The van der Waals surface area contributed by atoms with Crippen LogP contribution in [0.15, 0.2) is 6.20 Å². The average molecular weight is 388 g/mol. The van der Waals surface area contributed by atoms with Crippen molar-refractivity contribution in [2.45, 2.75) is 44.5 Å². The SMILES string of the molecule is C[Si](C)(O)CCCc1cn(CC(O)(OP(O)O)O[P+](=O)O)nn1. The van der Waals surface area contributed by atoms with Crippen LogP contribution in [0.3, 0.4) is 0 Å². The van der Waals surface area contributed by atoms with E-state index >= 15 is 0 Å². The van der Waals surface area contributed by atoms with Crippen molar-refractivity contribution in [3.05, 3.63) is 11.9 Å². The fourth-order valence-electron chi connectivity index (χ4n) is 1.76. The lowest BCUT2D eigenvalue weighted by Crippen LogP contribution is -2.37. The van der Waals surface area contributed by atoms with Crippen molar-refractivity contribution < 1.29 is 38.2 Å². The van der Waals surface area contributed by atoms with E-state index < -0.39 is 37.7 Å². The van der Waals surface area contributed by atoms with Crippen LogP contribution in [0.25, 0.3) is 0 Å². The van der Waals surface area contributed by atoms with Crippen molar-refractivity contribution in [3.63, 3.8) is 0 Å². The lowest BCUT2D eigenvalue weighted by molar-refractivity contribution is -0.284. The van der Waals surface area contributed by atoms with Crippen molar-refractivity contribution >= 4 is 25.2 Å². The molecule has 0 aliphatic rings. The minimum atomic E-state index is -3.25. The lowest BCUT2D eigenvalue weighted by Gasteiger charge is -2.20. The smallest absolute Gasteiger partial charge is 0.432 e. The fourth-order valence-corrected chi connectivity index (χ4v) is 3.55. The Hall–Kier alpha value is -0.393. The van der Waals surface area contributed by atoms with Crippen molar-refractivity contribution in [1.29, 1.82) is 0 Å². The van der Waals surface area contributed by atoms with Gasteiger partial charge in [-0.15, -0.1) is 9.99 Å². The predicted octanol–water partition coefficient (Wildman–Crippen LogP) is -0.0514. The summed E-state index contributed by atoms with van der Waals surface area (Å²) < 4.78 is 20.4. The molecule has 0 radical (unpaired) electrons. The third kappa shape index (κ3) is 8.87. The Kier molecular flexibility index (Phi) is 7.75.